The zero-order chi connectivity index (χ0) is 13.8. The minimum Gasteiger partial charge on any atom is -0.375 e. The standard InChI is InChI=1S/C12H15N3O4/c1-8-11(13-5-6-19-8)12(16)14-9-3-2-4-10(7-9)15(17)18/h2-4,7-8,11,13H,5-6H2,1H3,(H,14,16)/t8-,11+/m1/s1. The number of nitrogens with zero attached hydrogens (tertiary/aromatic N) is 1. The van der Waals surface area contributed by atoms with Gasteiger partial charge < -0.3 is 15.4 Å². The monoisotopic (exact) mass is 265 g/mol. The van der Waals surface area contributed by atoms with Crippen LogP contribution in [-0.2, 0) is 9.53 Å². The predicted octanol–water partition coefficient (Wildman–Crippen LogP) is 0.910. The molecule has 0 unspecified atom stereocenters. The van der Waals surface area contributed by atoms with Crippen molar-refractivity contribution in [1.82, 2.24) is 5.32 Å². The SMILES string of the molecule is C[C@H]1OCCN[C@@H]1C(=O)Nc1cccc([N+](=O)[O-])c1. The van der Waals surface area contributed by atoms with Crippen molar-refractivity contribution in [2.75, 3.05) is 18.5 Å². The Morgan fingerprint density at radius 3 is 3.05 bits per heavy atom. The van der Waals surface area contributed by atoms with E-state index in [-0.39, 0.29) is 17.7 Å². The Kier molecular flexibility index (Phi) is 4.08. The summed E-state index contributed by atoms with van der Waals surface area (Å²) >= 11 is 0. The van der Waals surface area contributed by atoms with Gasteiger partial charge >= 0.3 is 0 Å². The summed E-state index contributed by atoms with van der Waals surface area (Å²) < 4.78 is 5.38. The van der Waals surface area contributed by atoms with Crippen molar-refractivity contribution in [1.29, 1.82) is 0 Å². The van der Waals surface area contributed by atoms with Gasteiger partial charge in [0, 0.05) is 24.4 Å². The Labute approximate surface area is 110 Å². The molecule has 0 aliphatic carbocycles. The molecule has 0 bridgehead atoms. The lowest BCUT2D eigenvalue weighted by atomic mass is 10.1. The molecule has 2 atom stereocenters. The van der Waals surface area contributed by atoms with Gasteiger partial charge in [-0.25, -0.2) is 0 Å². The van der Waals surface area contributed by atoms with Gasteiger partial charge in [0.2, 0.25) is 5.91 Å². The molecule has 1 aliphatic heterocycles. The van der Waals surface area contributed by atoms with Crippen molar-refractivity contribution in [3.8, 4) is 0 Å². The van der Waals surface area contributed by atoms with Crippen molar-refractivity contribution < 1.29 is 14.5 Å². The van der Waals surface area contributed by atoms with Crippen molar-refractivity contribution in [3.63, 3.8) is 0 Å². The van der Waals surface area contributed by atoms with E-state index in [2.05, 4.69) is 10.6 Å². The molecule has 0 saturated carbocycles. The highest BCUT2D eigenvalue weighted by Crippen LogP contribution is 2.17. The van der Waals surface area contributed by atoms with Crippen LogP contribution in [0.5, 0.6) is 0 Å². The molecule has 0 aromatic heterocycles. The van der Waals surface area contributed by atoms with Gasteiger partial charge in [-0.15, -0.1) is 0 Å². The van der Waals surface area contributed by atoms with Gasteiger partial charge in [-0.3, -0.25) is 14.9 Å². The fraction of sp³-hybridized carbons (Fsp3) is 0.417. The number of nitrogens with one attached hydrogen (secondary N) is 2. The van der Waals surface area contributed by atoms with Gasteiger partial charge in [0.05, 0.1) is 17.6 Å². The third-order valence-corrected chi connectivity index (χ3v) is 2.92. The van der Waals surface area contributed by atoms with Gasteiger partial charge in [0.25, 0.3) is 5.69 Å². The van der Waals surface area contributed by atoms with Gasteiger partial charge in [-0.05, 0) is 13.0 Å². The van der Waals surface area contributed by atoms with Crippen LogP contribution in [-0.4, -0.2) is 36.1 Å². The number of nitro groups is 1. The first kappa shape index (κ1) is 13.4. The van der Waals surface area contributed by atoms with Gasteiger partial charge in [0.1, 0.15) is 6.04 Å². The number of morpholine rings is 1. The molecule has 1 fully saturated rings. The molecular formula is C12H15N3O4. The molecule has 0 radical (unpaired) electrons. The van der Waals surface area contributed by atoms with Gasteiger partial charge in [-0.1, -0.05) is 6.07 Å². The molecule has 7 heteroatoms. The van der Waals surface area contributed by atoms with E-state index in [1.807, 2.05) is 6.92 Å². The van der Waals surface area contributed by atoms with Crippen molar-refractivity contribution in [3.05, 3.63) is 34.4 Å². The molecule has 1 aromatic rings. The lowest BCUT2D eigenvalue weighted by Gasteiger charge is -2.29. The van der Waals surface area contributed by atoms with E-state index in [4.69, 9.17) is 4.74 Å². The first-order valence-electron chi connectivity index (χ1n) is 5.98. The second kappa shape index (κ2) is 5.77. The van der Waals surface area contributed by atoms with Crippen LogP contribution >= 0.6 is 0 Å². The lowest BCUT2D eigenvalue weighted by Crippen LogP contribution is -2.53. The van der Waals surface area contributed by atoms with Gasteiger partial charge in [-0.2, -0.15) is 0 Å². The number of nitro benzene ring substituents is 1. The van der Waals surface area contributed by atoms with E-state index < -0.39 is 11.0 Å². The second-order valence-electron chi connectivity index (χ2n) is 4.30. The summed E-state index contributed by atoms with van der Waals surface area (Å²) in [4.78, 5) is 22.2. The Hall–Kier alpha value is -1.99. The van der Waals surface area contributed by atoms with E-state index in [9.17, 15) is 14.9 Å². The molecule has 1 saturated heterocycles. The average molecular weight is 265 g/mol. The first-order valence-corrected chi connectivity index (χ1v) is 5.98. The maximum absolute atomic E-state index is 12.0. The maximum Gasteiger partial charge on any atom is 0.271 e. The Morgan fingerprint density at radius 1 is 1.58 bits per heavy atom. The first-order chi connectivity index (χ1) is 9.08. The number of carbonyl (C=O) groups excluding carboxylic acids is 1. The Bertz CT molecular complexity index is 492. The van der Waals surface area contributed by atoms with Crippen LogP contribution in [0.2, 0.25) is 0 Å². The van der Waals surface area contributed by atoms with Crippen LogP contribution < -0.4 is 10.6 Å². The fourth-order valence-corrected chi connectivity index (χ4v) is 1.94. The van der Waals surface area contributed by atoms with Crippen LogP contribution in [0.4, 0.5) is 11.4 Å². The van der Waals surface area contributed by atoms with Crippen LogP contribution in [0.15, 0.2) is 24.3 Å². The molecule has 102 valence electrons. The molecule has 1 aliphatic rings. The normalized spacial score (nSPS) is 22.8. The minimum atomic E-state index is -0.500. The third-order valence-electron chi connectivity index (χ3n) is 2.92. The van der Waals surface area contributed by atoms with Crippen LogP contribution in [0, 0.1) is 10.1 Å². The molecule has 2 N–H and O–H groups in total. The highest BCUT2D eigenvalue weighted by atomic mass is 16.6. The molecule has 1 heterocycles. The predicted molar refractivity (Wildman–Crippen MR) is 68.9 cm³/mol. The summed E-state index contributed by atoms with van der Waals surface area (Å²) in [5.41, 5.74) is 0.345. The third kappa shape index (κ3) is 3.27. The van der Waals surface area contributed by atoms with Crippen molar-refractivity contribution >= 4 is 17.3 Å². The van der Waals surface area contributed by atoms with E-state index in [1.165, 1.54) is 18.2 Å². The van der Waals surface area contributed by atoms with Crippen molar-refractivity contribution in [2.45, 2.75) is 19.1 Å². The molecule has 1 aromatic carbocycles. The largest absolute Gasteiger partial charge is 0.375 e. The number of anilines is 1. The molecular weight excluding hydrogens is 250 g/mol. The second-order valence-corrected chi connectivity index (χ2v) is 4.30. The quantitative estimate of drug-likeness (QED) is 0.626. The molecule has 7 nitrogen and oxygen atoms in total. The number of hydrogen-bond donors (Lipinski definition) is 2. The smallest absolute Gasteiger partial charge is 0.271 e. The number of non-ortho nitro benzene ring substituents is 1. The van der Waals surface area contributed by atoms with Crippen LogP contribution in [0.25, 0.3) is 0 Å². The number of amides is 1. The number of hydrogen-bond acceptors (Lipinski definition) is 5. The molecule has 1 amide bonds. The van der Waals surface area contributed by atoms with E-state index in [0.29, 0.717) is 18.8 Å². The molecule has 0 spiro atoms. The lowest BCUT2D eigenvalue weighted by molar-refractivity contribution is -0.384. The zero-order valence-electron chi connectivity index (χ0n) is 10.5. The summed E-state index contributed by atoms with van der Waals surface area (Å²) in [7, 11) is 0. The Balaban J connectivity index is 2.06. The van der Waals surface area contributed by atoms with E-state index >= 15 is 0 Å². The van der Waals surface area contributed by atoms with Crippen LogP contribution in [0.3, 0.4) is 0 Å². The van der Waals surface area contributed by atoms with E-state index in [0.717, 1.165) is 0 Å². The summed E-state index contributed by atoms with van der Waals surface area (Å²) in [5.74, 6) is -0.257. The Morgan fingerprint density at radius 2 is 2.37 bits per heavy atom. The highest BCUT2D eigenvalue weighted by Gasteiger charge is 2.28. The molecule has 2 rings (SSSR count). The topological polar surface area (TPSA) is 93.5 Å². The number of ether oxygens (including phenoxy) is 1. The summed E-state index contributed by atoms with van der Waals surface area (Å²) in [6.07, 6.45) is -0.229. The zero-order valence-corrected chi connectivity index (χ0v) is 10.5. The summed E-state index contributed by atoms with van der Waals surface area (Å²) in [5, 5.41) is 16.4. The average Bonchev–Trinajstić information content (AvgIpc) is 2.39. The van der Waals surface area contributed by atoms with E-state index in [1.54, 1.807) is 6.07 Å². The van der Waals surface area contributed by atoms with Crippen LogP contribution in [0.1, 0.15) is 6.92 Å². The minimum absolute atomic E-state index is 0.0568. The van der Waals surface area contributed by atoms with Gasteiger partial charge in [0.15, 0.2) is 0 Å². The highest BCUT2D eigenvalue weighted by molar-refractivity contribution is 5.95. The molecule has 19 heavy (non-hydrogen) atoms. The number of carbonyl (C=O) groups is 1. The summed E-state index contributed by atoms with van der Waals surface area (Å²) in [6.45, 7) is 2.99. The number of benzene rings is 1. The summed E-state index contributed by atoms with van der Waals surface area (Å²) in [6, 6.07) is 5.39. The fourth-order valence-electron chi connectivity index (χ4n) is 1.94. The number of rotatable bonds is 3. The van der Waals surface area contributed by atoms with Crippen molar-refractivity contribution in [2.24, 2.45) is 0 Å². The maximum atomic E-state index is 12.0.